The zero-order valence-corrected chi connectivity index (χ0v) is 20.2. The Kier molecular flexibility index (Phi) is 8.77. The van der Waals surface area contributed by atoms with E-state index in [1.54, 1.807) is 0 Å². The summed E-state index contributed by atoms with van der Waals surface area (Å²) in [7, 11) is 4.49. The van der Waals surface area contributed by atoms with Crippen LogP contribution in [0, 0.1) is 5.92 Å². The quantitative estimate of drug-likeness (QED) is 0.505. The summed E-state index contributed by atoms with van der Waals surface area (Å²) in [5, 5.41) is 0. The number of rotatable bonds is 10. The van der Waals surface area contributed by atoms with E-state index in [1.807, 2.05) is 6.21 Å². The summed E-state index contributed by atoms with van der Waals surface area (Å²) >= 11 is 0. The summed E-state index contributed by atoms with van der Waals surface area (Å²) in [6.45, 7) is 7.85. The van der Waals surface area contributed by atoms with E-state index in [0.717, 1.165) is 44.2 Å². The predicted molar refractivity (Wildman–Crippen MR) is 134 cm³/mol. The number of likely N-dealkylation sites (tertiary alicyclic amines) is 2. The monoisotopic (exact) mass is 438 g/mol. The minimum Gasteiger partial charge on any atom is -0.494 e. The summed E-state index contributed by atoms with van der Waals surface area (Å²) in [6, 6.07) is 9.46. The highest BCUT2D eigenvalue weighted by atomic mass is 16.5. The van der Waals surface area contributed by atoms with Crippen LogP contribution < -0.4 is 4.74 Å². The highest BCUT2D eigenvalue weighted by Crippen LogP contribution is 2.26. The molecule has 0 bridgehead atoms. The molecule has 176 valence electrons. The van der Waals surface area contributed by atoms with Gasteiger partial charge < -0.3 is 14.5 Å². The zero-order chi connectivity index (χ0) is 22.2. The molecule has 2 fully saturated rings. The van der Waals surface area contributed by atoms with Crippen molar-refractivity contribution in [2.45, 2.75) is 57.5 Å². The van der Waals surface area contributed by atoms with Gasteiger partial charge in [0.25, 0.3) is 0 Å². The zero-order valence-electron chi connectivity index (χ0n) is 20.2. The third-order valence-corrected chi connectivity index (χ3v) is 7.48. The molecule has 32 heavy (non-hydrogen) atoms. The molecule has 0 amide bonds. The van der Waals surface area contributed by atoms with Gasteiger partial charge in [0.1, 0.15) is 5.75 Å². The van der Waals surface area contributed by atoms with Gasteiger partial charge in [-0.3, -0.25) is 9.89 Å². The summed E-state index contributed by atoms with van der Waals surface area (Å²) < 4.78 is 6.03. The molecule has 3 aliphatic heterocycles. The summed E-state index contributed by atoms with van der Waals surface area (Å²) in [5.74, 6) is 1.82. The van der Waals surface area contributed by atoms with E-state index in [0.29, 0.717) is 6.04 Å². The van der Waals surface area contributed by atoms with Crippen LogP contribution >= 0.6 is 0 Å². The average molecular weight is 439 g/mol. The number of ether oxygens (including phenoxy) is 1. The Morgan fingerprint density at radius 3 is 2.47 bits per heavy atom. The van der Waals surface area contributed by atoms with Crippen molar-refractivity contribution in [1.82, 2.24) is 14.7 Å². The normalized spacial score (nSPS) is 21.4. The van der Waals surface area contributed by atoms with Crippen molar-refractivity contribution in [2.24, 2.45) is 10.9 Å². The molecule has 0 atom stereocenters. The molecule has 0 aromatic heterocycles. The maximum atomic E-state index is 6.03. The fourth-order valence-corrected chi connectivity index (χ4v) is 5.28. The first kappa shape index (κ1) is 23.5. The second-order valence-corrected chi connectivity index (χ2v) is 10.0. The van der Waals surface area contributed by atoms with Gasteiger partial charge in [-0.1, -0.05) is 18.2 Å². The van der Waals surface area contributed by atoms with Crippen molar-refractivity contribution in [1.29, 1.82) is 0 Å². The third kappa shape index (κ3) is 7.16. The number of allylic oxidation sites excluding steroid dienone is 2. The molecule has 4 rings (SSSR count). The summed E-state index contributed by atoms with van der Waals surface area (Å²) in [4.78, 5) is 12.0. The molecule has 1 aromatic carbocycles. The predicted octanol–water partition coefficient (Wildman–Crippen LogP) is 4.44. The lowest BCUT2D eigenvalue weighted by Gasteiger charge is -2.35. The van der Waals surface area contributed by atoms with Crippen LogP contribution in [0.1, 0.15) is 50.5 Å². The molecular formula is C27H42N4O. The Bertz CT molecular complexity index is 743. The fourth-order valence-electron chi connectivity index (χ4n) is 5.28. The fraction of sp³-hybridized carbons (Fsp3) is 0.667. The molecular weight excluding hydrogens is 396 g/mol. The highest BCUT2D eigenvalue weighted by molar-refractivity contribution is 5.64. The van der Waals surface area contributed by atoms with Gasteiger partial charge in [0.15, 0.2) is 0 Å². The topological polar surface area (TPSA) is 31.3 Å². The van der Waals surface area contributed by atoms with Gasteiger partial charge in [-0.05, 0) is 102 Å². The molecule has 0 N–H and O–H groups in total. The Labute approximate surface area is 195 Å². The van der Waals surface area contributed by atoms with Crippen molar-refractivity contribution >= 4 is 6.21 Å². The van der Waals surface area contributed by atoms with Crippen LogP contribution in [0.4, 0.5) is 0 Å². The minimum absolute atomic E-state index is 0.709. The molecule has 3 aliphatic rings. The number of hydrogen-bond acceptors (Lipinski definition) is 5. The Morgan fingerprint density at radius 1 is 1.03 bits per heavy atom. The molecule has 2 saturated heterocycles. The van der Waals surface area contributed by atoms with E-state index < -0.39 is 0 Å². The number of nitrogens with zero attached hydrogens (tertiary/aromatic N) is 4. The average Bonchev–Trinajstić information content (AvgIpc) is 3.32. The van der Waals surface area contributed by atoms with Crippen molar-refractivity contribution in [3.63, 3.8) is 0 Å². The first-order chi connectivity index (χ1) is 15.7. The second kappa shape index (κ2) is 12.0. The van der Waals surface area contributed by atoms with Gasteiger partial charge in [0.2, 0.25) is 0 Å². The number of benzene rings is 1. The van der Waals surface area contributed by atoms with Crippen LogP contribution in [0.25, 0.3) is 0 Å². The molecule has 3 heterocycles. The van der Waals surface area contributed by atoms with Crippen molar-refractivity contribution < 1.29 is 4.74 Å². The molecule has 0 aliphatic carbocycles. The lowest BCUT2D eigenvalue weighted by molar-refractivity contribution is 0.139. The van der Waals surface area contributed by atoms with Gasteiger partial charge in [0, 0.05) is 37.5 Å². The second-order valence-electron chi connectivity index (χ2n) is 10.0. The van der Waals surface area contributed by atoms with E-state index in [-0.39, 0.29) is 0 Å². The van der Waals surface area contributed by atoms with Crippen molar-refractivity contribution in [3.8, 4) is 5.75 Å². The first-order valence-electron chi connectivity index (χ1n) is 12.7. The Morgan fingerprint density at radius 2 is 1.78 bits per heavy atom. The van der Waals surface area contributed by atoms with Crippen LogP contribution in [0.5, 0.6) is 5.75 Å². The number of hydrogen-bond donors (Lipinski definition) is 0. The van der Waals surface area contributed by atoms with E-state index >= 15 is 0 Å². The lowest BCUT2D eigenvalue weighted by atomic mass is 9.92. The SMILES string of the molecule is CN1CCC(N(C)Cc2ccc(OCCCN3CCC(CC4=CCC=N4)CC3)cc2)CC1. The van der Waals surface area contributed by atoms with E-state index in [1.165, 1.54) is 69.5 Å². The maximum absolute atomic E-state index is 6.03. The smallest absolute Gasteiger partial charge is 0.119 e. The van der Waals surface area contributed by atoms with Gasteiger partial charge in [-0.2, -0.15) is 0 Å². The van der Waals surface area contributed by atoms with Crippen LogP contribution in [0.3, 0.4) is 0 Å². The van der Waals surface area contributed by atoms with Crippen LogP contribution in [0.2, 0.25) is 0 Å². The molecule has 0 saturated carbocycles. The van der Waals surface area contributed by atoms with E-state index in [2.05, 4.69) is 64.1 Å². The molecule has 0 unspecified atom stereocenters. The van der Waals surface area contributed by atoms with Crippen LogP contribution in [-0.4, -0.2) is 80.4 Å². The summed E-state index contributed by atoms with van der Waals surface area (Å²) in [5.41, 5.74) is 2.69. The van der Waals surface area contributed by atoms with Gasteiger partial charge in [-0.15, -0.1) is 0 Å². The van der Waals surface area contributed by atoms with Crippen molar-refractivity contribution in [2.75, 3.05) is 53.4 Å². The standard InChI is InChI=1S/C27H42N4O/c1-29-16-12-26(13-17-29)30(2)22-24-6-8-27(9-7-24)32-20-4-15-31-18-10-23(11-19-31)21-25-5-3-14-28-25/h5-9,14,23,26H,3-4,10-13,15-22H2,1-2H3. The summed E-state index contributed by atoms with van der Waals surface area (Å²) in [6.07, 6.45) is 12.8. The van der Waals surface area contributed by atoms with Gasteiger partial charge >= 0.3 is 0 Å². The molecule has 0 spiro atoms. The van der Waals surface area contributed by atoms with Gasteiger partial charge in [-0.25, -0.2) is 0 Å². The highest BCUT2D eigenvalue weighted by Gasteiger charge is 2.21. The van der Waals surface area contributed by atoms with Gasteiger partial charge in [0.05, 0.1) is 6.61 Å². The van der Waals surface area contributed by atoms with Crippen LogP contribution in [-0.2, 0) is 6.54 Å². The van der Waals surface area contributed by atoms with E-state index in [9.17, 15) is 0 Å². The lowest BCUT2D eigenvalue weighted by Crippen LogP contribution is -2.41. The maximum Gasteiger partial charge on any atom is 0.119 e. The first-order valence-corrected chi connectivity index (χ1v) is 12.7. The molecule has 0 radical (unpaired) electrons. The Balaban J connectivity index is 1.09. The number of piperidine rings is 2. The molecule has 5 heteroatoms. The van der Waals surface area contributed by atoms with E-state index in [4.69, 9.17) is 4.74 Å². The van der Waals surface area contributed by atoms with Crippen LogP contribution in [0.15, 0.2) is 41.0 Å². The third-order valence-electron chi connectivity index (χ3n) is 7.48. The minimum atomic E-state index is 0.709. The number of aliphatic imine (C=N–C) groups is 1. The molecule has 5 nitrogen and oxygen atoms in total. The van der Waals surface area contributed by atoms with Crippen molar-refractivity contribution in [3.05, 3.63) is 41.6 Å². The Hall–Kier alpha value is -1.69. The largest absolute Gasteiger partial charge is 0.494 e. The molecule has 1 aromatic rings.